The fourth-order valence-electron chi connectivity index (χ4n) is 5.53. The summed E-state index contributed by atoms with van der Waals surface area (Å²) in [6.45, 7) is 7.29. The number of hydrogen-bond acceptors (Lipinski definition) is 7. The van der Waals surface area contributed by atoms with E-state index in [2.05, 4.69) is 16.4 Å². The first-order valence-electron chi connectivity index (χ1n) is 14.0. The SMILES string of the molecule is C=C/C(C#N)=C\C=C(/CCN1CCC(N(C)C)CC1)[C@@H]1C(C(=O)OC)=C(C)N(c2cccc(C(F)(F)F)c2)C(=N)N1C(N)=O. The minimum atomic E-state index is -4.67. The van der Waals surface area contributed by atoms with Crippen LogP contribution in [0.2, 0.25) is 0 Å². The summed E-state index contributed by atoms with van der Waals surface area (Å²) in [5, 5.41) is 18.5. The number of hydrogen-bond donors (Lipinski definition) is 2. The van der Waals surface area contributed by atoms with E-state index in [1.165, 1.54) is 31.2 Å². The van der Waals surface area contributed by atoms with Crippen molar-refractivity contribution in [3.05, 3.63) is 77.1 Å². The first kappa shape index (κ1) is 34.1. The van der Waals surface area contributed by atoms with E-state index >= 15 is 0 Å². The molecule has 1 fully saturated rings. The number of guanidine groups is 1. The van der Waals surface area contributed by atoms with Crippen LogP contribution >= 0.6 is 0 Å². The van der Waals surface area contributed by atoms with Crippen molar-refractivity contribution in [1.82, 2.24) is 14.7 Å². The van der Waals surface area contributed by atoms with Gasteiger partial charge in [-0.05, 0) is 83.2 Å². The number of allylic oxidation sites excluding steroid dienone is 5. The molecule has 2 aliphatic rings. The van der Waals surface area contributed by atoms with Crippen LogP contribution in [0.3, 0.4) is 0 Å². The lowest BCUT2D eigenvalue weighted by molar-refractivity contribution is -0.138. The number of nitriles is 1. The molecule has 0 unspecified atom stereocenters. The number of nitrogens with two attached hydrogens (primary N) is 1. The summed E-state index contributed by atoms with van der Waals surface area (Å²) in [6, 6.07) is 4.35. The number of likely N-dealkylation sites (tertiary alicyclic amines) is 1. The number of esters is 1. The fourth-order valence-corrected chi connectivity index (χ4v) is 5.53. The molecular weight excluding hydrogens is 575 g/mol. The number of ether oxygens (including phenoxy) is 1. The summed E-state index contributed by atoms with van der Waals surface area (Å²) in [6.07, 6.45) is 2.01. The molecule has 2 heterocycles. The molecule has 44 heavy (non-hydrogen) atoms. The van der Waals surface area contributed by atoms with Gasteiger partial charge in [0.2, 0.25) is 5.96 Å². The second kappa shape index (κ2) is 14.4. The van der Waals surface area contributed by atoms with Crippen molar-refractivity contribution >= 4 is 23.6 Å². The molecule has 0 radical (unpaired) electrons. The van der Waals surface area contributed by atoms with Crippen LogP contribution in [0.1, 0.15) is 31.7 Å². The summed E-state index contributed by atoms with van der Waals surface area (Å²) in [7, 11) is 5.23. The van der Waals surface area contributed by atoms with Gasteiger partial charge >= 0.3 is 18.2 Å². The number of carbonyl (C=O) groups excluding carboxylic acids is 2. The highest BCUT2D eigenvalue weighted by Crippen LogP contribution is 2.38. The van der Waals surface area contributed by atoms with Crippen molar-refractivity contribution in [3.63, 3.8) is 0 Å². The summed E-state index contributed by atoms with van der Waals surface area (Å²) >= 11 is 0. The maximum Gasteiger partial charge on any atom is 0.416 e. The van der Waals surface area contributed by atoms with Gasteiger partial charge in [-0.1, -0.05) is 24.8 Å². The number of nitrogens with zero attached hydrogens (tertiary/aromatic N) is 5. The van der Waals surface area contributed by atoms with Gasteiger partial charge in [-0.2, -0.15) is 18.4 Å². The van der Waals surface area contributed by atoms with E-state index in [0.29, 0.717) is 24.6 Å². The number of amides is 2. The van der Waals surface area contributed by atoms with Crippen LogP contribution < -0.4 is 10.6 Å². The van der Waals surface area contributed by atoms with Crippen molar-refractivity contribution in [1.29, 1.82) is 10.7 Å². The molecule has 1 aromatic rings. The van der Waals surface area contributed by atoms with Crippen molar-refractivity contribution in [2.24, 2.45) is 5.73 Å². The molecule has 0 bridgehead atoms. The van der Waals surface area contributed by atoms with E-state index < -0.39 is 35.7 Å². The normalized spacial score (nSPS) is 19.3. The summed E-state index contributed by atoms with van der Waals surface area (Å²) in [5.74, 6) is -1.40. The van der Waals surface area contributed by atoms with Crippen LogP contribution in [0.15, 0.2) is 71.5 Å². The van der Waals surface area contributed by atoms with Crippen molar-refractivity contribution < 1.29 is 27.5 Å². The quantitative estimate of drug-likeness (QED) is 0.236. The Balaban J connectivity index is 2.17. The fraction of sp³-hybridized carbons (Fsp3) is 0.419. The van der Waals surface area contributed by atoms with E-state index in [4.69, 9.17) is 15.9 Å². The summed E-state index contributed by atoms with van der Waals surface area (Å²) in [4.78, 5) is 32.7. The molecular formula is C31H38F3N7O3. The van der Waals surface area contributed by atoms with Gasteiger partial charge in [0.25, 0.3) is 0 Å². The van der Waals surface area contributed by atoms with Gasteiger partial charge < -0.3 is 20.3 Å². The molecule has 1 saturated heterocycles. The smallest absolute Gasteiger partial charge is 0.416 e. The number of carbonyl (C=O) groups is 2. The molecule has 13 heteroatoms. The Labute approximate surface area is 255 Å². The highest BCUT2D eigenvalue weighted by molar-refractivity contribution is 6.10. The van der Waals surface area contributed by atoms with Crippen LogP contribution in [0.25, 0.3) is 0 Å². The average Bonchev–Trinajstić information content (AvgIpc) is 2.98. The molecule has 2 aliphatic heterocycles. The third-order valence-corrected chi connectivity index (χ3v) is 7.95. The lowest BCUT2D eigenvalue weighted by atomic mass is 9.89. The number of methoxy groups -OCH3 is 1. The lowest BCUT2D eigenvalue weighted by Crippen LogP contribution is -2.59. The third kappa shape index (κ3) is 7.56. The predicted octanol–water partition coefficient (Wildman–Crippen LogP) is 4.63. The number of rotatable bonds is 9. The summed E-state index contributed by atoms with van der Waals surface area (Å²) in [5.41, 5.74) is 5.44. The minimum Gasteiger partial charge on any atom is -0.466 e. The molecule has 3 rings (SSSR count). The van der Waals surface area contributed by atoms with Crippen LogP contribution in [-0.4, -0.2) is 85.6 Å². The highest BCUT2D eigenvalue weighted by atomic mass is 19.4. The van der Waals surface area contributed by atoms with Gasteiger partial charge in [0.15, 0.2) is 0 Å². The first-order chi connectivity index (χ1) is 20.7. The molecule has 10 nitrogen and oxygen atoms in total. The zero-order valence-corrected chi connectivity index (χ0v) is 25.3. The maximum absolute atomic E-state index is 13.6. The Morgan fingerprint density at radius 2 is 1.91 bits per heavy atom. The third-order valence-electron chi connectivity index (χ3n) is 7.95. The summed E-state index contributed by atoms with van der Waals surface area (Å²) < 4.78 is 45.8. The van der Waals surface area contributed by atoms with Gasteiger partial charge in [0.05, 0.1) is 35.9 Å². The molecule has 1 aromatic carbocycles. The Hall–Kier alpha value is -4.41. The van der Waals surface area contributed by atoms with Crippen molar-refractivity contribution in [2.75, 3.05) is 45.7 Å². The van der Waals surface area contributed by atoms with Crippen molar-refractivity contribution in [3.8, 4) is 6.07 Å². The molecule has 0 aliphatic carbocycles. The van der Waals surface area contributed by atoms with Crippen LogP contribution in [0.4, 0.5) is 23.7 Å². The molecule has 0 spiro atoms. The van der Waals surface area contributed by atoms with Crippen LogP contribution in [0.5, 0.6) is 0 Å². The maximum atomic E-state index is 13.6. The standard InChI is InChI=1S/C31H38F3N7O3/c1-6-21(19-35)10-11-22(12-15-39-16-13-24(14-17-39)38(3)4)27-26(28(42)44-5)20(2)40(29(36)41(27)30(37)43)25-9-7-8-23(18-25)31(32,33)34/h6-11,18,24,27,36H,1,12-17H2,2-5H3,(H2,37,43)/b21-10+,22-11+,36-29?/t27-/m1/s1. The highest BCUT2D eigenvalue weighted by Gasteiger charge is 2.44. The second-order valence-corrected chi connectivity index (χ2v) is 10.8. The van der Waals surface area contributed by atoms with Gasteiger partial charge in [-0.15, -0.1) is 0 Å². The van der Waals surface area contributed by atoms with Gasteiger partial charge in [-0.25, -0.2) is 9.59 Å². The number of nitrogens with one attached hydrogen (secondary N) is 1. The Bertz CT molecular complexity index is 1420. The molecule has 1 atom stereocenters. The molecule has 3 N–H and O–H groups in total. The zero-order valence-electron chi connectivity index (χ0n) is 25.3. The number of piperidine rings is 1. The lowest BCUT2D eigenvalue weighted by Gasteiger charge is -2.44. The minimum absolute atomic E-state index is 0.0808. The molecule has 0 aromatic heterocycles. The topological polar surface area (TPSA) is 130 Å². The van der Waals surface area contributed by atoms with E-state index in [-0.39, 0.29) is 22.5 Å². The largest absolute Gasteiger partial charge is 0.466 e. The zero-order chi connectivity index (χ0) is 32.8. The van der Waals surface area contributed by atoms with Gasteiger partial charge in [0.1, 0.15) is 0 Å². The van der Waals surface area contributed by atoms with E-state index in [9.17, 15) is 28.0 Å². The number of halogens is 3. The Morgan fingerprint density at radius 1 is 1.25 bits per heavy atom. The Kier molecular flexibility index (Phi) is 11.1. The van der Waals surface area contributed by atoms with Crippen LogP contribution in [0, 0.1) is 16.7 Å². The Morgan fingerprint density at radius 3 is 2.43 bits per heavy atom. The van der Waals surface area contributed by atoms with E-state index in [1.54, 1.807) is 6.08 Å². The number of urea groups is 1. The second-order valence-electron chi connectivity index (χ2n) is 10.8. The monoisotopic (exact) mass is 613 g/mol. The van der Waals surface area contributed by atoms with Gasteiger partial charge in [-0.3, -0.25) is 15.2 Å². The van der Waals surface area contributed by atoms with Gasteiger partial charge in [0, 0.05) is 24.0 Å². The number of primary amides is 1. The number of anilines is 1. The molecule has 236 valence electrons. The number of alkyl halides is 3. The van der Waals surface area contributed by atoms with Crippen molar-refractivity contribution in [2.45, 2.75) is 44.4 Å². The first-order valence-corrected chi connectivity index (χ1v) is 14.0. The number of benzene rings is 1. The van der Waals surface area contributed by atoms with E-state index in [0.717, 1.165) is 55.0 Å². The average molecular weight is 614 g/mol. The molecule has 0 saturated carbocycles. The van der Waals surface area contributed by atoms with E-state index in [1.807, 2.05) is 20.2 Å². The predicted molar refractivity (Wildman–Crippen MR) is 161 cm³/mol. The molecule has 2 amide bonds. The van der Waals surface area contributed by atoms with Crippen LogP contribution in [-0.2, 0) is 15.7 Å².